The second kappa shape index (κ2) is 7.27. The predicted octanol–water partition coefficient (Wildman–Crippen LogP) is 3.57. The van der Waals surface area contributed by atoms with Gasteiger partial charge in [0.2, 0.25) is 0 Å². The van der Waals surface area contributed by atoms with Gasteiger partial charge in [0.25, 0.3) is 5.91 Å². The molecule has 0 saturated carbocycles. The third-order valence-corrected chi connectivity index (χ3v) is 5.16. The number of carbonyl (C=O) groups excluding carboxylic acids is 1. The van der Waals surface area contributed by atoms with E-state index in [0.29, 0.717) is 39.7 Å². The van der Waals surface area contributed by atoms with E-state index in [2.05, 4.69) is 4.98 Å². The molecule has 0 aliphatic heterocycles. The second-order valence-corrected chi connectivity index (χ2v) is 7.18. The average Bonchev–Trinajstić information content (AvgIpc) is 2.92. The minimum atomic E-state index is -0.182. The number of pyridine rings is 1. The van der Waals surface area contributed by atoms with Crippen molar-refractivity contribution >= 4 is 40.4 Å². The molecule has 0 bridgehead atoms. The number of anilines is 1. The Balaban J connectivity index is 2.13. The lowest BCUT2D eigenvalue weighted by Crippen LogP contribution is -2.22. The maximum atomic E-state index is 12.3. The van der Waals surface area contributed by atoms with Crippen LogP contribution in [0.15, 0.2) is 29.4 Å². The topological polar surface area (TPSA) is 79.5 Å². The zero-order valence-electron chi connectivity index (χ0n) is 14.5. The molecule has 1 amide bonds. The molecular formula is C19H19Cl2N3O2. The number of amides is 1. The number of fused-ring (bicyclic) bond motifs is 1. The summed E-state index contributed by atoms with van der Waals surface area (Å²) in [7, 11) is 3.35. The Hall–Kier alpha value is -2.08. The lowest BCUT2D eigenvalue weighted by atomic mass is 9.98. The Morgan fingerprint density at radius 1 is 1.35 bits per heavy atom. The van der Waals surface area contributed by atoms with Crippen molar-refractivity contribution in [3.05, 3.63) is 51.3 Å². The number of allylic oxidation sites excluding steroid dienone is 1. The smallest absolute Gasteiger partial charge is 0.255 e. The molecule has 7 heteroatoms. The molecule has 26 heavy (non-hydrogen) atoms. The first-order valence-electron chi connectivity index (χ1n) is 8.12. The van der Waals surface area contributed by atoms with E-state index in [4.69, 9.17) is 28.9 Å². The van der Waals surface area contributed by atoms with Crippen LogP contribution in [0.5, 0.6) is 0 Å². The number of hydrogen-bond donors (Lipinski definition) is 2. The maximum absolute atomic E-state index is 12.3. The molecule has 0 atom stereocenters. The first kappa shape index (κ1) is 18.7. The summed E-state index contributed by atoms with van der Waals surface area (Å²) < 4.78 is 0. The van der Waals surface area contributed by atoms with E-state index < -0.39 is 0 Å². The molecular weight excluding hydrogens is 373 g/mol. The molecule has 1 aliphatic rings. The van der Waals surface area contributed by atoms with Gasteiger partial charge in [0, 0.05) is 55.2 Å². The van der Waals surface area contributed by atoms with Crippen LogP contribution in [0.4, 0.5) is 5.69 Å². The molecule has 2 aromatic rings. The van der Waals surface area contributed by atoms with Gasteiger partial charge in [-0.05, 0) is 29.7 Å². The van der Waals surface area contributed by atoms with Crippen LogP contribution in [0.2, 0.25) is 5.02 Å². The number of nitrogens with zero attached hydrogens (tertiary/aromatic N) is 2. The fraction of sp³-hybridized carbons (Fsp3) is 0.263. The summed E-state index contributed by atoms with van der Waals surface area (Å²) in [6, 6.07) is 5.22. The quantitative estimate of drug-likeness (QED) is 0.780. The molecule has 1 heterocycles. The van der Waals surface area contributed by atoms with E-state index >= 15 is 0 Å². The highest BCUT2D eigenvalue weighted by molar-refractivity contribution is 6.38. The summed E-state index contributed by atoms with van der Waals surface area (Å²) in [5, 5.41) is 10.5. The molecule has 1 aliphatic carbocycles. The number of aliphatic hydroxyl groups is 1. The van der Waals surface area contributed by atoms with Gasteiger partial charge in [0.1, 0.15) is 0 Å². The summed E-state index contributed by atoms with van der Waals surface area (Å²) in [5.41, 5.74) is 10.6. The third-order valence-electron chi connectivity index (χ3n) is 4.41. The Labute approximate surface area is 162 Å². The van der Waals surface area contributed by atoms with Crippen LogP contribution in [-0.4, -0.2) is 41.6 Å². The van der Waals surface area contributed by atoms with Crippen LogP contribution >= 0.6 is 23.2 Å². The second-order valence-electron chi connectivity index (χ2n) is 6.34. The largest absolute Gasteiger partial charge is 0.398 e. The summed E-state index contributed by atoms with van der Waals surface area (Å²) >= 11 is 13.0. The molecule has 1 aromatic heterocycles. The van der Waals surface area contributed by atoms with Gasteiger partial charge < -0.3 is 15.7 Å². The molecule has 0 radical (unpaired) electrons. The molecule has 0 fully saturated rings. The van der Waals surface area contributed by atoms with E-state index in [-0.39, 0.29) is 12.5 Å². The van der Waals surface area contributed by atoms with Crippen molar-refractivity contribution in [2.45, 2.75) is 12.8 Å². The van der Waals surface area contributed by atoms with Gasteiger partial charge in [-0.15, -0.1) is 0 Å². The van der Waals surface area contributed by atoms with E-state index in [1.54, 1.807) is 32.4 Å². The first-order chi connectivity index (χ1) is 12.3. The molecule has 5 nitrogen and oxygen atoms in total. The molecule has 3 rings (SSSR count). The summed E-state index contributed by atoms with van der Waals surface area (Å²) in [4.78, 5) is 18.3. The third kappa shape index (κ3) is 3.18. The molecule has 0 unspecified atom stereocenters. The van der Waals surface area contributed by atoms with Gasteiger partial charge in [0.05, 0.1) is 16.3 Å². The molecule has 0 spiro atoms. The number of nitrogen functional groups attached to an aromatic ring is 1. The van der Waals surface area contributed by atoms with Crippen molar-refractivity contribution in [1.82, 2.24) is 9.88 Å². The van der Waals surface area contributed by atoms with Crippen LogP contribution in [0.3, 0.4) is 0 Å². The van der Waals surface area contributed by atoms with Gasteiger partial charge in [-0.2, -0.15) is 0 Å². The van der Waals surface area contributed by atoms with Crippen molar-refractivity contribution in [3.63, 3.8) is 0 Å². The Morgan fingerprint density at radius 3 is 2.73 bits per heavy atom. The van der Waals surface area contributed by atoms with Gasteiger partial charge in [-0.1, -0.05) is 29.3 Å². The highest BCUT2D eigenvalue weighted by atomic mass is 35.5. The van der Waals surface area contributed by atoms with E-state index in [1.165, 1.54) is 4.90 Å². The fourth-order valence-corrected chi connectivity index (χ4v) is 3.78. The number of aromatic nitrogens is 1. The van der Waals surface area contributed by atoms with E-state index in [1.807, 2.05) is 6.07 Å². The fourth-order valence-electron chi connectivity index (χ4n) is 3.08. The van der Waals surface area contributed by atoms with Crippen molar-refractivity contribution < 1.29 is 9.90 Å². The van der Waals surface area contributed by atoms with Gasteiger partial charge in [-0.25, -0.2) is 0 Å². The normalized spacial score (nSPS) is 13.1. The minimum absolute atomic E-state index is 0.0189. The first-order valence-corrected chi connectivity index (χ1v) is 8.88. The number of halogens is 2. The van der Waals surface area contributed by atoms with E-state index in [0.717, 1.165) is 22.4 Å². The van der Waals surface area contributed by atoms with Gasteiger partial charge in [0.15, 0.2) is 0 Å². The molecule has 3 N–H and O–H groups in total. The van der Waals surface area contributed by atoms with Crippen LogP contribution < -0.4 is 5.73 Å². The van der Waals surface area contributed by atoms with Crippen molar-refractivity contribution in [1.29, 1.82) is 0 Å². The van der Waals surface area contributed by atoms with Crippen LogP contribution in [0.25, 0.3) is 16.7 Å². The number of nitrogens with two attached hydrogens (primary N) is 1. The monoisotopic (exact) mass is 391 g/mol. The van der Waals surface area contributed by atoms with Crippen LogP contribution in [-0.2, 0) is 6.42 Å². The van der Waals surface area contributed by atoms with Crippen LogP contribution in [0.1, 0.15) is 28.0 Å². The highest BCUT2D eigenvalue weighted by Gasteiger charge is 2.26. The van der Waals surface area contributed by atoms with E-state index in [9.17, 15) is 9.90 Å². The van der Waals surface area contributed by atoms with Crippen LogP contribution in [0, 0.1) is 0 Å². The summed E-state index contributed by atoms with van der Waals surface area (Å²) in [6.07, 6.45) is 2.61. The Bertz CT molecular complexity index is 923. The molecule has 1 aromatic carbocycles. The van der Waals surface area contributed by atoms with Crippen molar-refractivity contribution in [2.75, 3.05) is 26.4 Å². The summed E-state index contributed by atoms with van der Waals surface area (Å²) in [6.45, 7) is -0.0189. The lowest BCUT2D eigenvalue weighted by Gasteiger charge is -2.15. The average molecular weight is 392 g/mol. The Morgan fingerprint density at radius 2 is 2.08 bits per heavy atom. The van der Waals surface area contributed by atoms with Gasteiger partial charge >= 0.3 is 0 Å². The predicted molar refractivity (Wildman–Crippen MR) is 105 cm³/mol. The van der Waals surface area contributed by atoms with Crippen molar-refractivity contribution in [2.24, 2.45) is 0 Å². The Kier molecular flexibility index (Phi) is 5.23. The molecule has 0 saturated heterocycles. The SMILES string of the molecule is CN(C)C(=O)c1cc(-c2cnc3c(c2Cl)C(CCO)=C(Cl)C3)ccc1N. The minimum Gasteiger partial charge on any atom is -0.398 e. The zero-order chi connectivity index (χ0) is 19.0. The van der Waals surface area contributed by atoms with Crippen molar-refractivity contribution in [3.8, 4) is 11.1 Å². The standard InChI is InChI=1S/C19H19Cl2N3O2/c1-24(2)19(26)12-7-10(3-4-15(12)22)13-9-23-16-8-14(20)11(5-6-25)17(16)18(13)21/h3-4,7,9,25H,5-6,8,22H2,1-2H3. The number of hydrogen-bond acceptors (Lipinski definition) is 4. The summed E-state index contributed by atoms with van der Waals surface area (Å²) in [5.74, 6) is -0.182. The number of benzene rings is 1. The molecule has 136 valence electrons. The number of rotatable bonds is 4. The number of carbonyl (C=O) groups is 1. The maximum Gasteiger partial charge on any atom is 0.255 e. The highest BCUT2D eigenvalue weighted by Crippen LogP contribution is 2.43. The van der Waals surface area contributed by atoms with Gasteiger partial charge in [-0.3, -0.25) is 9.78 Å². The zero-order valence-corrected chi connectivity index (χ0v) is 16.0. The lowest BCUT2D eigenvalue weighted by molar-refractivity contribution is 0.0828. The number of aliphatic hydroxyl groups excluding tert-OH is 1.